The normalized spacial score (nSPS) is 10.4. The molecular weight excluding hydrogens is 278 g/mol. The van der Waals surface area contributed by atoms with E-state index in [1.165, 1.54) is 0 Å². The van der Waals surface area contributed by atoms with Gasteiger partial charge in [0, 0.05) is 6.54 Å². The van der Waals surface area contributed by atoms with Crippen LogP contribution in [0.4, 0.5) is 11.4 Å². The van der Waals surface area contributed by atoms with Crippen LogP contribution < -0.4 is 15.4 Å². The Bertz CT molecular complexity index is 624. The quantitative estimate of drug-likeness (QED) is 0.859. The molecule has 22 heavy (non-hydrogen) atoms. The van der Waals surface area contributed by atoms with E-state index in [0.717, 1.165) is 17.1 Å². The molecule has 2 rings (SSSR count). The van der Waals surface area contributed by atoms with Gasteiger partial charge in [0.2, 0.25) is 0 Å². The van der Waals surface area contributed by atoms with Crippen LogP contribution in [0.3, 0.4) is 0 Å². The smallest absolute Gasteiger partial charge is 0.269 e. The zero-order chi connectivity index (χ0) is 15.9. The molecule has 0 fully saturated rings. The zero-order valence-electron chi connectivity index (χ0n) is 13.1. The average Bonchev–Trinajstić information content (AvgIpc) is 2.54. The third kappa shape index (κ3) is 4.22. The molecule has 0 radical (unpaired) electrons. The first kappa shape index (κ1) is 15.8. The second kappa shape index (κ2) is 7.45. The van der Waals surface area contributed by atoms with Crippen LogP contribution in [0, 0.1) is 5.92 Å². The summed E-state index contributed by atoms with van der Waals surface area (Å²) in [7, 11) is 1.63. The van der Waals surface area contributed by atoms with Gasteiger partial charge in [-0.2, -0.15) is 0 Å². The molecule has 0 aliphatic carbocycles. The van der Waals surface area contributed by atoms with Crippen molar-refractivity contribution in [2.75, 3.05) is 19.0 Å². The van der Waals surface area contributed by atoms with Crippen LogP contribution in [-0.2, 0) is 0 Å². The highest BCUT2D eigenvalue weighted by molar-refractivity contribution is 5.92. The molecule has 1 aromatic heterocycles. The molecule has 5 nitrogen and oxygen atoms in total. The number of amides is 1. The van der Waals surface area contributed by atoms with Crippen molar-refractivity contribution in [2.24, 2.45) is 5.92 Å². The van der Waals surface area contributed by atoms with Crippen LogP contribution in [0.15, 0.2) is 42.6 Å². The fourth-order valence-corrected chi connectivity index (χ4v) is 1.89. The number of ether oxygens (including phenoxy) is 1. The Kier molecular flexibility index (Phi) is 5.36. The van der Waals surface area contributed by atoms with Crippen LogP contribution >= 0.6 is 0 Å². The maximum atomic E-state index is 11.9. The number of para-hydroxylation sites is 2. The van der Waals surface area contributed by atoms with E-state index in [2.05, 4.69) is 15.6 Å². The van der Waals surface area contributed by atoms with E-state index >= 15 is 0 Å². The lowest BCUT2D eigenvalue weighted by Gasteiger charge is -2.11. The maximum absolute atomic E-state index is 11.9. The first-order chi connectivity index (χ1) is 10.6. The molecule has 0 aliphatic rings. The van der Waals surface area contributed by atoms with Crippen molar-refractivity contribution < 1.29 is 9.53 Å². The number of rotatable bonds is 6. The van der Waals surface area contributed by atoms with Gasteiger partial charge in [0.15, 0.2) is 0 Å². The molecule has 0 atom stereocenters. The number of nitrogens with one attached hydrogen (secondary N) is 2. The fourth-order valence-electron chi connectivity index (χ4n) is 1.89. The Morgan fingerprint density at radius 1 is 1.23 bits per heavy atom. The van der Waals surface area contributed by atoms with Crippen molar-refractivity contribution in [2.45, 2.75) is 13.8 Å². The standard InChI is InChI=1S/C17H21N3O2/c1-12(2)10-19-17(21)15-9-8-13(11-18-15)20-14-6-4-5-7-16(14)22-3/h4-9,11-12,20H,10H2,1-3H3,(H,19,21). The molecule has 1 aromatic carbocycles. The third-order valence-corrected chi connectivity index (χ3v) is 3.05. The number of nitrogens with zero attached hydrogens (tertiary/aromatic N) is 1. The van der Waals surface area contributed by atoms with E-state index in [1.807, 2.05) is 44.2 Å². The van der Waals surface area contributed by atoms with Gasteiger partial charge in [-0.15, -0.1) is 0 Å². The van der Waals surface area contributed by atoms with Gasteiger partial charge < -0.3 is 15.4 Å². The first-order valence-electron chi connectivity index (χ1n) is 7.24. The summed E-state index contributed by atoms with van der Waals surface area (Å²) in [5.41, 5.74) is 2.06. The number of anilines is 2. The first-order valence-corrected chi connectivity index (χ1v) is 7.24. The number of hydrogen-bond acceptors (Lipinski definition) is 4. The second-order valence-electron chi connectivity index (χ2n) is 5.36. The van der Waals surface area contributed by atoms with Gasteiger partial charge in [0.25, 0.3) is 5.91 Å². The van der Waals surface area contributed by atoms with E-state index in [1.54, 1.807) is 19.4 Å². The lowest BCUT2D eigenvalue weighted by Crippen LogP contribution is -2.27. The minimum atomic E-state index is -0.155. The molecule has 0 unspecified atom stereocenters. The molecule has 2 aromatic rings. The highest BCUT2D eigenvalue weighted by atomic mass is 16.5. The van der Waals surface area contributed by atoms with Gasteiger partial charge in [-0.1, -0.05) is 26.0 Å². The Balaban J connectivity index is 2.04. The van der Waals surface area contributed by atoms with Gasteiger partial charge in [-0.05, 0) is 30.2 Å². The van der Waals surface area contributed by atoms with Crippen molar-refractivity contribution in [1.82, 2.24) is 10.3 Å². The minimum Gasteiger partial charge on any atom is -0.495 e. The van der Waals surface area contributed by atoms with Crippen LogP contribution in [0.5, 0.6) is 5.75 Å². The van der Waals surface area contributed by atoms with Crippen molar-refractivity contribution in [3.63, 3.8) is 0 Å². The van der Waals surface area contributed by atoms with Gasteiger partial charge >= 0.3 is 0 Å². The van der Waals surface area contributed by atoms with Crippen molar-refractivity contribution in [3.05, 3.63) is 48.3 Å². The summed E-state index contributed by atoms with van der Waals surface area (Å²) in [6.07, 6.45) is 1.64. The van der Waals surface area contributed by atoms with Crippen LogP contribution in [0.25, 0.3) is 0 Å². The summed E-state index contributed by atoms with van der Waals surface area (Å²) in [5, 5.41) is 6.06. The molecule has 116 valence electrons. The van der Waals surface area contributed by atoms with Gasteiger partial charge in [0.1, 0.15) is 11.4 Å². The second-order valence-corrected chi connectivity index (χ2v) is 5.36. The van der Waals surface area contributed by atoms with Gasteiger partial charge in [-0.25, -0.2) is 4.98 Å². The topological polar surface area (TPSA) is 63.2 Å². The average molecular weight is 299 g/mol. The lowest BCUT2D eigenvalue weighted by molar-refractivity contribution is 0.0944. The summed E-state index contributed by atoms with van der Waals surface area (Å²) in [4.78, 5) is 16.1. The molecular formula is C17H21N3O2. The van der Waals surface area contributed by atoms with Crippen LogP contribution in [0.2, 0.25) is 0 Å². The van der Waals surface area contributed by atoms with Gasteiger partial charge in [-0.3, -0.25) is 4.79 Å². The number of carbonyl (C=O) groups is 1. The number of hydrogen-bond donors (Lipinski definition) is 2. The summed E-state index contributed by atoms with van der Waals surface area (Å²) in [5.74, 6) is 1.01. The summed E-state index contributed by atoms with van der Waals surface area (Å²) in [6, 6.07) is 11.2. The number of methoxy groups -OCH3 is 1. The highest BCUT2D eigenvalue weighted by Gasteiger charge is 2.08. The van der Waals surface area contributed by atoms with E-state index in [-0.39, 0.29) is 5.91 Å². The van der Waals surface area contributed by atoms with Crippen LogP contribution in [-0.4, -0.2) is 24.5 Å². The Morgan fingerprint density at radius 2 is 2.00 bits per heavy atom. The molecule has 0 aliphatic heterocycles. The lowest BCUT2D eigenvalue weighted by atomic mass is 10.2. The number of pyridine rings is 1. The fraction of sp³-hybridized carbons (Fsp3) is 0.294. The molecule has 2 N–H and O–H groups in total. The molecule has 1 heterocycles. The Morgan fingerprint density at radius 3 is 2.64 bits per heavy atom. The molecule has 0 spiro atoms. The van der Waals surface area contributed by atoms with Crippen molar-refractivity contribution >= 4 is 17.3 Å². The van der Waals surface area contributed by atoms with E-state index < -0.39 is 0 Å². The number of benzene rings is 1. The Hall–Kier alpha value is -2.56. The SMILES string of the molecule is COc1ccccc1Nc1ccc(C(=O)NCC(C)C)nc1. The molecule has 1 amide bonds. The van der Waals surface area contributed by atoms with Gasteiger partial charge in [0.05, 0.1) is 24.7 Å². The molecule has 0 bridgehead atoms. The monoisotopic (exact) mass is 299 g/mol. The predicted molar refractivity (Wildman–Crippen MR) is 87.7 cm³/mol. The Labute approximate surface area is 130 Å². The van der Waals surface area contributed by atoms with Crippen molar-refractivity contribution in [1.29, 1.82) is 0 Å². The van der Waals surface area contributed by atoms with E-state index in [9.17, 15) is 4.79 Å². The van der Waals surface area contributed by atoms with Crippen molar-refractivity contribution in [3.8, 4) is 5.75 Å². The highest BCUT2D eigenvalue weighted by Crippen LogP contribution is 2.26. The largest absolute Gasteiger partial charge is 0.495 e. The summed E-state index contributed by atoms with van der Waals surface area (Å²) < 4.78 is 5.29. The summed E-state index contributed by atoms with van der Waals surface area (Å²) in [6.45, 7) is 4.74. The van der Waals surface area contributed by atoms with E-state index in [4.69, 9.17) is 4.74 Å². The number of carbonyl (C=O) groups excluding carboxylic acids is 1. The number of aromatic nitrogens is 1. The maximum Gasteiger partial charge on any atom is 0.269 e. The van der Waals surface area contributed by atoms with Crippen LogP contribution in [0.1, 0.15) is 24.3 Å². The predicted octanol–water partition coefficient (Wildman–Crippen LogP) is 3.22. The van der Waals surface area contributed by atoms with E-state index in [0.29, 0.717) is 18.2 Å². The summed E-state index contributed by atoms with van der Waals surface area (Å²) >= 11 is 0. The molecule has 0 saturated heterocycles. The minimum absolute atomic E-state index is 0.155. The third-order valence-electron chi connectivity index (χ3n) is 3.05. The molecule has 0 saturated carbocycles. The zero-order valence-corrected chi connectivity index (χ0v) is 13.1. The molecule has 5 heteroatoms.